The molecule has 0 atom stereocenters. The van der Waals surface area contributed by atoms with Crippen molar-refractivity contribution < 1.29 is 13.5 Å². The Morgan fingerprint density at radius 3 is 2.72 bits per heavy atom. The molecule has 1 aliphatic heterocycles. The maximum atomic E-state index is 11.9. The predicted octanol–water partition coefficient (Wildman–Crippen LogP) is -1.76. The van der Waals surface area contributed by atoms with Crippen molar-refractivity contribution in [2.45, 2.75) is 19.4 Å². The van der Waals surface area contributed by atoms with Crippen LogP contribution in [0.1, 0.15) is 18.7 Å². The van der Waals surface area contributed by atoms with Crippen molar-refractivity contribution in [3.63, 3.8) is 0 Å². The number of hydrogen-bond acceptors (Lipinski definition) is 6. The second-order valence-electron chi connectivity index (χ2n) is 4.18. The van der Waals surface area contributed by atoms with Crippen LogP contribution in [0.4, 0.5) is 0 Å². The lowest BCUT2D eigenvalue weighted by Gasteiger charge is -2.30. The fourth-order valence-corrected chi connectivity index (χ4v) is 3.02. The molecule has 0 amide bonds. The lowest BCUT2D eigenvalue weighted by atomic mass is 10.00. The number of nitrogens with zero attached hydrogens (tertiary/aromatic N) is 4. The summed E-state index contributed by atoms with van der Waals surface area (Å²) >= 11 is 0. The number of H-pyrrole nitrogens is 1. The molecule has 2 rings (SSSR count). The Bertz CT molecular complexity index is 453. The van der Waals surface area contributed by atoms with Crippen LogP contribution >= 0.6 is 0 Å². The number of hydrogen-bond donors (Lipinski definition) is 3. The minimum Gasteiger partial charge on any atom is -0.396 e. The molecule has 2 heterocycles. The first kappa shape index (κ1) is 13.3. The molecule has 1 aliphatic rings. The molecule has 0 bridgehead atoms. The van der Waals surface area contributed by atoms with E-state index in [0.717, 1.165) is 0 Å². The standard InChI is InChI=1S/C8H16N6O3S/c15-6-7-1-3-14(4-2-7)18(16,17)9-5-8-10-12-13-11-8/h7,9,15H,1-6H2,(H,10,11,12,13). The van der Waals surface area contributed by atoms with E-state index in [1.54, 1.807) is 0 Å². The molecule has 0 unspecified atom stereocenters. The second-order valence-corrected chi connectivity index (χ2v) is 5.93. The Hall–Kier alpha value is -1.10. The first-order chi connectivity index (χ1) is 8.62. The van der Waals surface area contributed by atoms with E-state index < -0.39 is 10.2 Å². The molecule has 1 aromatic rings. The average Bonchev–Trinajstić information content (AvgIpc) is 2.90. The van der Waals surface area contributed by atoms with E-state index in [2.05, 4.69) is 25.3 Å². The van der Waals surface area contributed by atoms with Gasteiger partial charge in [0, 0.05) is 19.7 Å². The summed E-state index contributed by atoms with van der Waals surface area (Å²) in [6.07, 6.45) is 1.36. The number of rotatable bonds is 5. The van der Waals surface area contributed by atoms with Gasteiger partial charge in [0.15, 0.2) is 5.82 Å². The zero-order valence-electron chi connectivity index (χ0n) is 9.78. The zero-order chi connectivity index (χ0) is 13.0. The molecule has 0 saturated carbocycles. The predicted molar refractivity (Wildman–Crippen MR) is 61.3 cm³/mol. The largest absolute Gasteiger partial charge is 0.396 e. The maximum absolute atomic E-state index is 11.9. The molecule has 102 valence electrons. The summed E-state index contributed by atoms with van der Waals surface area (Å²) in [6, 6.07) is 0. The Labute approximate surface area is 105 Å². The molecule has 3 N–H and O–H groups in total. The highest BCUT2D eigenvalue weighted by Gasteiger charge is 2.27. The molecule has 1 saturated heterocycles. The monoisotopic (exact) mass is 276 g/mol. The Balaban J connectivity index is 1.87. The first-order valence-corrected chi connectivity index (χ1v) is 7.14. The van der Waals surface area contributed by atoms with Crippen molar-refractivity contribution in [1.29, 1.82) is 0 Å². The van der Waals surface area contributed by atoms with Crippen molar-refractivity contribution in [3.05, 3.63) is 5.82 Å². The van der Waals surface area contributed by atoms with Gasteiger partial charge in [0.25, 0.3) is 10.2 Å². The van der Waals surface area contributed by atoms with Crippen LogP contribution in [0.15, 0.2) is 0 Å². The first-order valence-electron chi connectivity index (χ1n) is 5.69. The van der Waals surface area contributed by atoms with Gasteiger partial charge in [-0.3, -0.25) is 0 Å². The van der Waals surface area contributed by atoms with Crippen LogP contribution in [0.5, 0.6) is 0 Å². The van der Waals surface area contributed by atoms with Crippen molar-refractivity contribution in [2.24, 2.45) is 5.92 Å². The molecule has 0 aliphatic carbocycles. The molecule has 0 aromatic carbocycles. The van der Waals surface area contributed by atoms with Crippen LogP contribution in [0.2, 0.25) is 0 Å². The van der Waals surface area contributed by atoms with Crippen LogP contribution in [0, 0.1) is 5.92 Å². The maximum Gasteiger partial charge on any atom is 0.279 e. The highest BCUT2D eigenvalue weighted by molar-refractivity contribution is 7.87. The van der Waals surface area contributed by atoms with Crippen LogP contribution < -0.4 is 4.72 Å². The fraction of sp³-hybridized carbons (Fsp3) is 0.875. The summed E-state index contributed by atoms with van der Waals surface area (Å²) in [6.45, 7) is 0.975. The fourth-order valence-electron chi connectivity index (χ4n) is 1.84. The number of nitrogens with one attached hydrogen (secondary N) is 2. The van der Waals surface area contributed by atoms with E-state index in [-0.39, 0.29) is 19.1 Å². The van der Waals surface area contributed by atoms with Crippen molar-refractivity contribution in [1.82, 2.24) is 29.7 Å². The van der Waals surface area contributed by atoms with E-state index in [0.29, 0.717) is 31.8 Å². The summed E-state index contributed by atoms with van der Waals surface area (Å²) in [7, 11) is -3.51. The number of aliphatic hydroxyl groups is 1. The van der Waals surface area contributed by atoms with Gasteiger partial charge in [0.1, 0.15) is 0 Å². The van der Waals surface area contributed by atoms with Gasteiger partial charge in [-0.15, -0.1) is 10.2 Å². The highest BCUT2D eigenvalue weighted by atomic mass is 32.2. The van der Waals surface area contributed by atoms with Gasteiger partial charge in [0.2, 0.25) is 0 Å². The molecule has 10 heteroatoms. The third-order valence-corrected chi connectivity index (χ3v) is 4.53. The molecular weight excluding hydrogens is 260 g/mol. The minimum absolute atomic E-state index is 0.0127. The lowest BCUT2D eigenvalue weighted by molar-refractivity contribution is 0.169. The molecule has 1 aromatic heterocycles. The molecule has 0 radical (unpaired) electrons. The Morgan fingerprint density at radius 2 is 2.17 bits per heavy atom. The van der Waals surface area contributed by atoms with E-state index in [1.807, 2.05) is 0 Å². The summed E-state index contributed by atoms with van der Waals surface area (Å²) < 4.78 is 27.7. The Kier molecular flexibility index (Phi) is 4.22. The highest BCUT2D eigenvalue weighted by Crippen LogP contribution is 2.18. The average molecular weight is 276 g/mol. The van der Waals surface area contributed by atoms with E-state index >= 15 is 0 Å². The zero-order valence-corrected chi connectivity index (χ0v) is 10.6. The van der Waals surface area contributed by atoms with E-state index in [4.69, 9.17) is 5.11 Å². The molecular formula is C8H16N6O3S. The molecule has 18 heavy (non-hydrogen) atoms. The quantitative estimate of drug-likeness (QED) is 0.585. The van der Waals surface area contributed by atoms with Crippen molar-refractivity contribution in [2.75, 3.05) is 19.7 Å². The van der Waals surface area contributed by atoms with E-state index in [9.17, 15) is 8.42 Å². The number of aromatic nitrogens is 4. The van der Waals surface area contributed by atoms with Gasteiger partial charge < -0.3 is 5.11 Å². The van der Waals surface area contributed by atoms with Gasteiger partial charge in [-0.25, -0.2) is 0 Å². The van der Waals surface area contributed by atoms with Gasteiger partial charge in [-0.2, -0.15) is 22.7 Å². The molecule has 9 nitrogen and oxygen atoms in total. The normalized spacial score (nSPS) is 19.2. The van der Waals surface area contributed by atoms with Gasteiger partial charge in [-0.1, -0.05) is 5.21 Å². The second kappa shape index (κ2) is 5.69. The van der Waals surface area contributed by atoms with Crippen LogP contribution in [0.3, 0.4) is 0 Å². The summed E-state index contributed by atoms with van der Waals surface area (Å²) in [4.78, 5) is 0. The van der Waals surface area contributed by atoms with Crippen LogP contribution in [-0.4, -0.2) is 58.2 Å². The topological polar surface area (TPSA) is 124 Å². The number of tetrazole rings is 1. The smallest absolute Gasteiger partial charge is 0.279 e. The number of aromatic amines is 1. The van der Waals surface area contributed by atoms with E-state index in [1.165, 1.54) is 4.31 Å². The third-order valence-electron chi connectivity index (χ3n) is 2.97. The number of aliphatic hydroxyl groups excluding tert-OH is 1. The third kappa shape index (κ3) is 3.22. The Morgan fingerprint density at radius 1 is 1.44 bits per heavy atom. The van der Waals surface area contributed by atoms with Gasteiger partial charge in [0.05, 0.1) is 6.54 Å². The van der Waals surface area contributed by atoms with Gasteiger partial charge in [-0.05, 0) is 18.8 Å². The van der Waals surface area contributed by atoms with Crippen molar-refractivity contribution in [3.8, 4) is 0 Å². The lowest BCUT2D eigenvalue weighted by Crippen LogP contribution is -2.45. The summed E-state index contributed by atoms with van der Waals surface area (Å²) in [5, 5.41) is 21.9. The van der Waals surface area contributed by atoms with Crippen LogP contribution in [0.25, 0.3) is 0 Å². The van der Waals surface area contributed by atoms with Crippen LogP contribution in [-0.2, 0) is 16.8 Å². The molecule has 1 fully saturated rings. The summed E-state index contributed by atoms with van der Waals surface area (Å²) in [5.41, 5.74) is 0. The van der Waals surface area contributed by atoms with Crippen molar-refractivity contribution >= 4 is 10.2 Å². The van der Waals surface area contributed by atoms with Gasteiger partial charge >= 0.3 is 0 Å². The molecule has 0 spiro atoms. The number of piperidine rings is 1. The summed E-state index contributed by atoms with van der Waals surface area (Å²) in [5.74, 6) is 0.498. The minimum atomic E-state index is -3.51. The SMILES string of the molecule is O=S(=O)(NCc1nn[nH]n1)N1CCC(CO)CC1.